The third-order valence-electron chi connectivity index (χ3n) is 4.07. The molecular weight excluding hydrogens is 238 g/mol. The van der Waals surface area contributed by atoms with Gasteiger partial charge in [0, 0.05) is 25.3 Å². The van der Waals surface area contributed by atoms with E-state index in [1.807, 2.05) is 17.9 Å². The Morgan fingerprint density at radius 2 is 2.05 bits per heavy atom. The van der Waals surface area contributed by atoms with Crippen LogP contribution in [0.3, 0.4) is 0 Å². The summed E-state index contributed by atoms with van der Waals surface area (Å²) < 4.78 is 1.96. The number of rotatable bonds is 6. The molecular formula is C14H27N5. The van der Waals surface area contributed by atoms with Crippen molar-refractivity contribution in [3.63, 3.8) is 0 Å². The smallest absolute Gasteiger partial charge is 0.0964 e. The van der Waals surface area contributed by atoms with Crippen molar-refractivity contribution in [2.75, 3.05) is 20.6 Å². The molecule has 1 saturated carbocycles. The van der Waals surface area contributed by atoms with Crippen LogP contribution >= 0.6 is 0 Å². The molecule has 0 bridgehead atoms. The van der Waals surface area contributed by atoms with Crippen molar-refractivity contribution >= 4 is 0 Å². The van der Waals surface area contributed by atoms with Gasteiger partial charge in [-0.05, 0) is 26.9 Å². The van der Waals surface area contributed by atoms with Crippen LogP contribution in [0.2, 0.25) is 0 Å². The van der Waals surface area contributed by atoms with Crippen LogP contribution in [0.1, 0.15) is 44.2 Å². The lowest BCUT2D eigenvalue weighted by Crippen LogP contribution is -2.34. The lowest BCUT2D eigenvalue weighted by atomic mass is 10.1. The van der Waals surface area contributed by atoms with Crippen LogP contribution in [0.25, 0.3) is 0 Å². The van der Waals surface area contributed by atoms with Gasteiger partial charge in [-0.3, -0.25) is 4.68 Å². The van der Waals surface area contributed by atoms with Gasteiger partial charge in [0.2, 0.25) is 0 Å². The number of likely N-dealkylation sites (N-methyl/N-ethyl adjacent to an activating group) is 1. The molecule has 1 aliphatic carbocycles. The normalized spacial score (nSPS) is 17.8. The van der Waals surface area contributed by atoms with Crippen LogP contribution in [-0.2, 0) is 13.1 Å². The number of hydrogen-bond donors (Lipinski definition) is 1. The topological polar surface area (TPSA) is 46.0 Å². The van der Waals surface area contributed by atoms with E-state index in [0.29, 0.717) is 0 Å². The molecule has 1 N–H and O–H groups in total. The summed E-state index contributed by atoms with van der Waals surface area (Å²) in [4.78, 5) is 2.50. The maximum atomic E-state index is 4.17. The predicted octanol–water partition coefficient (Wildman–Crippen LogP) is 1.65. The molecule has 0 spiro atoms. The minimum Gasteiger partial charge on any atom is -0.314 e. The quantitative estimate of drug-likeness (QED) is 0.795. The Balaban J connectivity index is 1.76. The van der Waals surface area contributed by atoms with E-state index in [2.05, 4.69) is 27.6 Å². The van der Waals surface area contributed by atoms with Crippen LogP contribution < -0.4 is 5.32 Å². The van der Waals surface area contributed by atoms with Gasteiger partial charge in [-0.2, -0.15) is 0 Å². The van der Waals surface area contributed by atoms with Crippen LogP contribution in [0.4, 0.5) is 0 Å². The van der Waals surface area contributed by atoms with E-state index in [1.165, 1.54) is 38.5 Å². The highest BCUT2D eigenvalue weighted by atomic mass is 15.4. The molecule has 108 valence electrons. The lowest BCUT2D eigenvalue weighted by Gasteiger charge is -2.26. The van der Waals surface area contributed by atoms with E-state index in [1.54, 1.807) is 0 Å². The minimum atomic E-state index is 0.766. The van der Waals surface area contributed by atoms with Gasteiger partial charge in [-0.1, -0.05) is 30.9 Å². The Morgan fingerprint density at radius 3 is 2.74 bits per heavy atom. The Labute approximate surface area is 116 Å². The molecule has 0 unspecified atom stereocenters. The summed E-state index contributed by atoms with van der Waals surface area (Å²) in [7, 11) is 4.18. The lowest BCUT2D eigenvalue weighted by molar-refractivity contribution is 0.210. The largest absolute Gasteiger partial charge is 0.314 e. The molecule has 1 heterocycles. The number of nitrogens with zero attached hydrogens (tertiary/aromatic N) is 4. The van der Waals surface area contributed by atoms with Gasteiger partial charge >= 0.3 is 0 Å². The first-order chi connectivity index (χ1) is 9.29. The predicted molar refractivity (Wildman–Crippen MR) is 76.9 cm³/mol. The van der Waals surface area contributed by atoms with Crippen molar-refractivity contribution in [2.45, 2.75) is 57.7 Å². The highest BCUT2D eigenvalue weighted by molar-refractivity contribution is 4.91. The SMILES string of the molecule is CNCc1cn(CCN(C)C2CCCCCC2)nn1. The van der Waals surface area contributed by atoms with Gasteiger partial charge in [-0.25, -0.2) is 0 Å². The zero-order valence-electron chi connectivity index (χ0n) is 12.3. The molecule has 0 radical (unpaired) electrons. The van der Waals surface area contributed by atoms with Crippen molar-refractivity contribution in [2.24, 2.45) is 0 Å². The molecule has 1 aromatic rings. The summed E-state index contributed by atoms with van der Waals surface area (Å²) in [5, 5.41) is 11.4. The maximum absolute atomic E-state index is 4.17. The zero-order chi connectivity index (χ0) is 13.5. The molecule has 19 heavy (non-hydrogen) atoms. The van der Waals surface area contributed by atoms with Crippen molar-refractivity contribution in [1.82, 2.24) is 25.2 Å². The van der Waals surface area contributed by atoms with Gasteiger partial charge in [0.15, 0.2) is 0 Å². The standard InChI is InChI=1S/C14H27N5/c1-15-11-13-12-19(17-16-13)10-9-18(2)14-7-5-3-4-6-8-14/h12,14-15H,3-11H2,1-2H3. The Bertz CT molecular complexity index is 354. The average molecular weight is 265 g/mol. The van der Waals surface area contributed by atoms with Gasteiger partial charge in [0.25, 0.3) is 0 Å². The molecule has 0 saturated heterocycles. The van der Waals surface area contributed by atoms with E-state index in [4.69, 9.17) is 0 Å². The fourth-order valence-corrected chi connectivity index (χ4v) is 2.85. The monoisotopic (exact) mass is 265 g/mol. The summed E-state index contributed by atoms with van der Waals surface area (Å²) in [6.45, 7) is 2.79. The summed E-state index contributed by atoms with van der Waals surface area (Å²) in [5.74, 6) is 0. The first-order valence-electron chi connectivity index (χ1n) is 7.53. The molecule has 1 fully saturated rings. The molecule has 0 atom stereocenters. The first-order valence-corrected chi connectivity index (χ1v) is 7.53. The summed E-state index contributed by atoms with van der Waals surface area (Å²) in [5.41, 5.74) is 1.01. The highest BCUT2D eigenvalue weighted by Crippen LogP contribution is 2.20. The van der Waals surface area contributed by atoms with Crippen molar-refractivity contribution < 1.29 is 0 Å². The Kier molecular flexibility index (Phi) is 5.79. The summed E-state index contributed by atoms with van der Waals surface area (Å²) in [6, 6.07) is 0.766. The highest BCUT2D eigenvalue weighted by Gasteiger charge is 2.16. The van der Waals surface area contributed by atoms with Crippen molar-refractivity contribution in [3.05, 3.63) is 11.9 Å². The first kappa shape index (κ1) is 14.5. The fourth-order valence-electron chi connectivity index (χ4n) is 2.85. The zero-order valence-corrected chi connectivity index (χ0v) is 12.3. The summed E-state index contributed by atoms with van der Waals surface area (Å²) in [6.07, 6.45) is 10.4. The van der Waals surface area contributed by atoms with E-state index >= 15 is 0 Å². The van der Waals surface area contributed by atoms with E-state index in [-0.39, 0.29) is 0 Å². The van der Waals surface area contributed by atoms with Gasteiger partial charge in [-0.15, -0.1) is 5.10 Å². The van der Waals surface area contributed by atoms with Crippen LogP contribution in [0.15, 0.2) is 6.20 Å². The van der Waals surface area contributed by atoms with Gasteiger partial charge < -0.3 is 10.2 Å². The molecule has 1 aromatic heterocycles. The maximum Gasteiger partial charge on any atom is 0.0964 e. The second-order valence-electron chi connectivity index (χ2n) is 5.63. The van der Waals surface area contributed by atoms with Crippen LogP contribution in [-0.4, -0.2) is 46.6 Å². The summed E-state index contributed by atoms with van der Waals surface area (Å²) >= 11 is 0. The molecule has 0 aliphatic heterocycles. The second kappa shape index (κ2) is 7.60. The third-order valence-corrected chi connectivity index (χ3v) is 4.07. The molecule has 0 amide bonds. The number of nitrogens with one attached hydrogen (secondary N) is 1. The van der Waals surface area contributed by atoms with Crippen molar-refractivity contribution in [3.8, 4) is 0 Å². The van der Waals surface area contributed by atoms with Crippen molar-refractivity contribution in [1.29, 1.82) is 0 Å². The molecule has 2 rings (SSSR count). The van der Waals surface area contributed by atoms with E-state index in [9.17, 15) is 0 Å². The molecule has 1 aliphatic rings. The average Bonchev–Trinajstić information content (AvgIpc) is 2.69. The fraction of sp³-hybridized carbons (Fsp3) is 0.857. The molecule has 0 aromatic carbocycles. The van der Waals surface area contributed by atoms with Crippen LogP contribution in [0, 0.1) is 0 Å². The number of aromatic nitrogens is 3. The van der Waals surface area contributed by atoms with Gasteiger partial charge in [0.1, 0.15) is 0 Å². The number of hydrogen-bond acceptors (Lipinski definition) is 4. The van der Waals surface area contributed by atoms with Gasteiger partial charge in [0.05, 0.1) is 12.2 Å². The third kappa shape index (κ3) is 4.58. The molecule has 5 nitrogen and oxygen atoms in total. The second-order valence-corrected chi connectivity index (χ2v) is 5.63. The minimum absolute atomic E-state index is 0.766. The van der Waals surface area contributed by atoms with E-state index < -0.39 is 0 Å². The molecule has 5 heteroatoms. The Morgan fingerprint density at radius 1 is 1.32 bits per heavy atom. The van der Waals surface area contributed by atoms with Crippen LogP contribution in [0.5, 0.6) is 0 Å². The van der Waals surface area contributed by atoms with E-state index in [0.717, 1.165) is 31.4 Å². The Hall–Kier alpha value is -0.940.